The molecule has 0 spiro atoms. The first kappa shape index (κ1) is 11.6. The number of nitrogens with zero attached hydrogens (tertiary/aromatic N) is 1. The number of carbonyl (C=O) groups excluding carboxylic acids is 1. The van der Waals surface area contributed by atoms with Crippen LogP contribution >= 0.6 is 7.82 Å². The molecular weight excluding hydrogens is 213 g/mol. The van der Waals surface area contributed by atoms with Gasteiger partial charge in [0.25, 0.3) is 0 Å². The van der Waals surface area contributed by atoms with Crippen molar-refractivity contribution in [3.63, 3.8) is 0 Å². The molecule has 0 aromatic rings. The van der Waals surface area contributed by atoms with E-state index in [9.17, 15) is 19.1 Å². The lowest BCUT2D eigenvalue weighted by Gasteiger charge is -2.31. The average Bonchev–Trinajstić information content (AvgIpc) is 2.14. The molecule has 1 fully saturated rings. The van der Waals surface area contributed by atoms with Crippen molar-refractivity contribution >= 4 is 13.7 Å². The number of phosphoric ester groups is 1. The van der Waals surface area contributed by atoms with E-state index in [1.807, 2.05) is 0 Å². The molecule has 1 rings (SSSR count). The van der Waals surface area contributed by atoms with E-state index in [2.05, 4.69) is 4.52 Å². The second kappa shape index (κ2) is 4.86. The fourth-order valence-corrected chi connectivity index (χ4v) is 1.31. The maximum absolute atomic E-state index is 11.2. The summed E-state index contributed by atoms with van der Waals surface area (Å²) in [6.45, 7) is 0.898. The Morgan fingerprint density at radius 1 is 1.43 bits per heavy atom. The van der Waals surface area contributed by atoms with Gasteiger partial charge in [0, 0.05) is 13.1 Å². The summed E-state index contributed by atoms with van der Waals surface area (Å²) >= 11 is 0. The summed E-state index contributed by atoms with van der Waals surface area (Å²) in [5.74, 6) is -0.514. The predicted octanol–water partition coefficient (Wildman–Crippen LogP) is -2.31. The van der Waals surface area contributed by atoms with Crippen LogP contribution in [-0.4, -0.2) is 43.7 Å². The molecule has 8 heteroatoms. The summed E-state index contributed by atoms with van der Waals surface area (Å²) in [6.07, 6.45) is 0. The molecule has 0 aliphatic carbocycles. The number of rotatable bonds is 3. The van der Waals surface area contributed by atoms with Crippen molar-refractivity contribution in [1.82, 2.24) is 4.90 Å². The molecule has 1 aliphatic heterocycles. The molecule has 7 nitrogen and oxygen atoms in total. The van der Waals surface area contributed by atoms with E-state index in [1.54, 1.807) is 0 Å². The van der Waals surface area contributed by atoms with Crippen LogP contribution in [0.4, 0.5) is 0 Å². The lowest BCUT2D eigenvalue weighted by atomic mass is 10.4. The molecule has 0 N–H and O–H groups in total. The second-order valence-electron chi connectivity index (χ2n) is 2.71. The van der Waals surface area contributed by atoms with E-state index in [4.69, 9.17) is 4.74 Å². The van der Waals surface area contributed by atoms with Crippen molar-refractivity contribution in [2.45, 2.75) is 0 Å². The van der Waals surface area contributed by atoms with E-state index in [0.29, 0.717) is 26.3 Å². The van der Waals surface area contributed by atoms with Gasteiger partial charge in [0.1, 0.15) is 6.61 Å². The zero-order chi connectivity index (χ0) is 10.6. The van der Waals surface area contributed by atoms with E-state index in [0.717, 1.165) is 0 Å². The van der Waals surface area contributed by atoms with E-state index in [1.165, 1.54) is 4.90 Å². The molecule has 1 heterocycles. The van der Waals surface area contributed by atoms with Crippen molar-refractivity contribution < 1.29 is 28.4 Å². The minimum Gasteiger partial charge on any atom is -0.790 e. The minimum atomic E-state index is -5.05. The highest BCUT2D eigenvalue weighted by atomic mass is 31.2. The summed E-state index contributed by atoms with van der Waals surface area (Å²) < 4.78 is 18.9. The maximum Gasteiger partial charge on any atom is 0.249 e. The molecule has 0 radical (unpaired) electrons. The van der Waals surface area contributed by atoms with E-state index >= 15 is 0 Å². The fourth-order valence-electron chi connectivity index (χ4n) is 1.04. The molecule has 1 saturated heterocycles. The van der Waals surface area contributed by atoms with Crippen LogP contribution in [0.1, 0.15) is 0 Å². The Morgan fingerprint density at radius 2 is 2.00 bits per heavy atom. The van der Waals surface area contributed by atoms with Crippen molar-refractivity contribution in [2.75, 3.05) is 32.9 Å². The highest BCUT2D eigenvalue weighted by molar-refractivity contribution is 7.43. The molecule has 0 bridgehead atoms. The van der Waals surface area contributed by atoms with Gasteiger partial charge in [-0.15, -0.1) is 0 Å². The van der Waals surface area contributed by atoms with Crippen LogP contribution in [0.25, 0.3) is 0 Å². The van der Waals surface area contributed by atoms with Crippen LogP contribution in [-0.2, 0) is 18.6 Å². The smallest absolute Gasteiger partial charge is 0.249 e. The van der Waals surface area contributed by atoms with Gasteiger partial charge in [-0.3, -0.25) is 4.79 Å². The van der Waals surface area contributed by atoms with Crippen molar-refractivity contribution in [3.8, 4) is 0 Å². The van der Waals surface area contributed by atoms with Gasteiger partial charge in [-0.05, 0) is 0 Å². The Balaban J connectivity index is 2.30. The molecular formula is C6H10NO6P-2. The lowest BCUT2D eigenvalue weighted by Crippen LogP contribution is -2.42. The van der Waals surface area contributed by atoms with Crippen molar-refractivity contribution in [1.29, 1.82) is 0 Å². The highest BCUT2D eigenvalue weighted by Gasteiger charge is 2.16. The molecule has 1 aliphatic rings. The predicted molar refractivity (Wildman–Crippen MR) is 41.0 cm³/mol. The first-order valence-electron chi connectivity index (χ1n) is 4.01. The number of hydrogen-bond acceptors (Lipinski definition) is 6. The zero-order valence-corrected chi connectivity index (χ0v) is 8.27. The molecule has 0 unspecified atom stereocenters. The van der Waals surface area contributed by atoms with Crippen LogP contribution in [0.3, 0.4) is 0 Å². The van der Waals surface area contributed by atoms with Crippen molar-refractivity contribution in [3.05, 3.63) is 0 Å². The van der Waals surface area contributed by atoms with Crippen LogP contribution in [0.2, 0.25) is 0 Å². The van der Waals surface area contributed by atoms with Gasteiger partial charge in [0.05, 0.1) is 21.0 Å². The first-order chi connectivity index (χ1) is 6.49. The second-order valence-corrected chi connectivity index (χ2v) is 3.87. The Morgan fingerprint density at radius 3 is 2.50 bits per heavy atom. The summed E-state index contributed by atoms with van der Waals surface area (Å²) in [7, 11) is -5.05. The van der Waals surface area contributed by atoms with Crippen LogP contribution < -0.4 is 9.79 Å². The quantitative estimate of drug-likeness (QED) is 0.498. The molecule has 0 saturated carbocycles. The highest BCUT2D eigenvalue weighted by Crippen LogP contribution is 2.23. The number of hydrogen-bond donors (Lipinski definition) is 0. The Bertz CT molecular complexity index is 245. The van der Waals surface area contributed by atoms with Crippen LogP contribution in [0, 0.1) is 0 Å². The summed E-state index contributed by atoms with van der Waals surface area (Å²) in [6, 6.07) is 0. The maximum atomic E-state index is 11.2. The third kappa shape index (κ3) is 4.17. The standard InChI is InChI=1S/C6H12NO6P/c8-6(5-13-14(9,10)11)7-1-3-12-4-2-7/h1-5H2,(H2,9,10,11)/p-2. The zero-order valence-electron chi connectivity index (χ0n) is 7.38. The van der Waals surface area contributed by atoms with E-state index < -0.39 is 20.3 Å². The first-order valence-corrected chi connectivity index (χ1v) is 5.47. The molecule has 0 aromatic carbocycles. The topological polar surface area (TPSA) is 102 Å². The van der Waals surface area contributed by atoms with Crippen LogP contribution in [0.15, 0.2) is 0 Å². The Kier molecular flexibility index (Phi) is 4.03. The number of ether oxygens (including phenoxy) is 1. The summed E-state index contributed by atoms with van der Waals surface area (Å²) in [5.41, 5.74) is 0. The van der Waals surface area contributed by atoms with Gasteiger partial charge in [-0.1, -0.05) is 0 Å². The number of phosphoric acid groups is 1. The summed E-state index contributed by atoms with van der Waals surface area (Å²) in [5, 5.41) is 0. The Labute approximate surface area is 80.8 Å². The molecule has 1 amide bonds. The third-order valence-corrected chi connectivity index (χ3v) is 2.16. The van der Waals surface area contributed by atoms with Crippen molar-refractivity contribution in [2.24, 2.45) is 0 Å². The molecule has 82 valence electrons. The van der Waals surface area contributed by atoms with Gasteiger partial charge in [-0.25, -0.2) is 0 Å². The fraction of sp³-hybridized carbons (Fsp3) is 0.833. The lowest BCUT2D eigenvalue weighted by molar-refractivity contribution is -0.341. The molecule has 0 aromatic heterocycles. The Hall–Kier alpha value is -0.460. The van der Waals surface area contributed by atoms with Gasteiger partial charge in [-0.2, -0.15) is 0 Å². The van der Waals surface area contributed by atoms with Gasteiger partial charge in [0.2, 0.25) is 5.91 Å². The number of carbonyl (C=O) groups is 1. The van der Waals surface area contributed by atoms with Gasteiger partial charge < -0.3 is 28.5 Å². The monoisotopic (exact) mass is 223 g/mol. The SMILES string of the molecule is O=C(COP(=O)([O-])[O-])N1CCOCC1. The minimum absolute atomic E-state index is 0.393. The largest absolute Gasteiger partial charge is 0.790 e. The third-order valence-electron chi connectivity index (χ3n) is 1.71. The van der Waals surface area contributed by atoms with Gasteiger partial charge >= 0.3 is 0 Å². The van der Waals surface area contributed by atoms with Crippen LogP contribution in [0.5, 0.6) is 0 Å². The number of morpholine rings is 1. The van der Waals surface area contributed by atoms with E-state index in [-0.39, 0.29) is 0 Å². The summed E-state index contributed by atoms with van der Waals surface area (Å²) in [4.78, 5) is 32.7. The number of amides is 1. The average molecular weight is 223 g/mol. The van der Waals surface area contributed by atoms with Gasteiger partial charge in [0.15, 0.2) is 0 Å². The molecule has 14 heavy (non-hydrogen) atoms. The molecule has 0 atom stereocenters. The normalized spacial score (nSPS) is 18.3.